The van der Waals surface area contributed by atoms with Gasteiger partial charge in [0.2, 0.25) is 0 Å². The molecule has 0 saturated carbocycles. The number of hydrogen-bond donors (Lipinski definition) is 1. The summed E-state index contributed by atoms with van der Waals surface area (Å²) in [6, 6.07) is 20.5. The van der Waals surface area contributed by atoms with Crippen molar-refractivity contribution in [1.82, 2.24) is 0 Å². The average Bonchev–Trinajstić information content (AvgIpc) is 3.09. The highest BCUT2D eigenvalue weighted by Gasteiger charge is 2.11. The molecule has 128 valence electrons. The van der Waals surface area contributed by atoms with Crippen LogP contribution in [0, 0.1) is 14.9 Å². The highest BCUT2D eigenvalue weighted by molar-refractivity contribution is 14.1. The fourth-order valence-corrected chi connectivity index (χ4v) is 3.06. The normalized spacial score (nSPS) is 11.0. The zero-order valence-electron chi connectivity index (χ0n) is 13.4. The van der Waals surface area contributed by atoms with Crippen molar-refractivity contribution in [2.45, 2.75) is 0 Å². The fraction of sp³-hybridized carbons (Fsp3) is 0. The monoisotopic (exact) mass is 518 g/mol. The Morgan fingerprint density at radius 3 is 2.62 bits per heavy atom. The predicted molar refractivity (Wildman–Crippen MR) is 113 cm³/mol. The maximum absolute atomic E-state index is 12.3. The number of amides is 1. The molecule has 0 spiro atoms. The lowest BCUT2D eigenvalue weighted by atomic mass is 10.2. The highest BCUT2D eigenvalue weighted by atomic mass is 127. The molecule has 4 nitrogen and oxygen atoms in total. The Morgan fingerprint density at radius 1 is 1.15 bits per heavy atom. The van der Waals surface area contributed by atoms with E-state index in [2.05, 4.69) is 43.8 Å². The number of nitrogens with zero attached hydrogens (tertiary/aromatic N) is 1. The summed E-state index contributed by atoms with van der Waals surface area (Å²) < 4.78 is 7.71. The number of rotatable bonds is 4. The largest absolute Gasteiger partial charge is 0.457 e. The van der Waals surface area contributed by atoms with Crippen molar-refractivity contribution in [3.05, 3.63) is 80.0 Å². The van der Waals surface area contributed by atoms with E-state index in [1.165, 1.54) is 6.08 Å². The van der Waals surface area contributed by atoms with Crippen molar-refractivity contribution in [2.24, 2.45) is 0 Å². The minimum atomic E-state index is -0.476. The molecule has 3 aromatic rings. The topological polar surface area (TPSA) is 66.0 Å². The number of benzene rings is 2. The molecule has 0 aliphatic rings. The molecule has 0 bridgehead atoms. The van der Waals surface area contributed by atoms with Gasteiger partial charge in [-0.3, -0.25) is 4.79 Å². The number of anilines is 1. The highest BCUT2D eigenvalue weighted by Crippen LogP contribution is 2.25. The molecule has 1 heterocycles. The lowest BCUT2D eigenvalue weighted by Crippen LogP contribution is -2.13. The Balaban J connectivity index is 1.80. The van der Waals surface area contributed by atoms with Crippen molar-refractivity contribution < 1.29 is 9.21 Å². The Kier molecular flexibility index (Phi) is 5.91. The molecule has 3 rings (SSSR count). The van der Waals surface area contributed by atoms with Crippen molar-refractivity contribution in [1.29, 1.82) is 5.26 Å². The molecule has 1 amide bonds. The number of nitriles is 1. The van der Waals surface area contributed by atoms with Gasteiger partial charge < -0.3 is 9.73 Å². The molecule has 2 aromatic carbocycles. The van der Waals surface area contributed by atoms with E-state index in [1.807, 2.05) is 54.6 Å². The van der Waals surface area contributed by atoms with E-state index in [0.29, 0.717) is 17.2 Å². The summed E-state index contributed by atoms with van der Waals surface area (Å²) in [6.45, 7) is 0. The summed E-state index contributed by atoms with van der Waals surface area (Å²) in [5.41, 5.74) is 1.52. The van der Waals surface area contributed by atoms with Gasteiger partial charge in [0.05, 0.1) is 0 Å². The van der Waals surface area contributed by atoms with Crippen LogP contribution in [0.1, 0.15) is 5.76 Å². The zero-order valence-corrected chi connectivity index (χ0v) is 17.1. The maximum atomic E-state index is 12.3. The second-order valence-corrected chi connectivity index (χ2v) is 7.50. The average molecular weight is 519 g/mol. The summed E-state index contributed by atoms with van der Waals surface area (Å²) in [6.07, 6.45) is 1.44. The zero-order chi connectivity index (χ0) is 18.5. The quantitative estimate of drug-likeness (QED) is 0.267. The van der Waals surface area contributed by atoms with Crippen LogP contribution in [0.2, 0.25) is 0 Å². The van der Waals surface area contributed by atoms with Gasteiger partial charge in [-0.05, 0) is 65.1 Å². The molecule has 0 unspecified atom stereocenters. The molecule has 26 heavy (non-hydrogen) atoms. The Labute approximate surface area is 172 Å². The van der Waals surface area contributed by atoms with Crippen LogP contribution in [0.15, 0.2) is 75.1 Å². The van der Waals surface area contributed by atoms with Gasteiger partial charge in [-0.15, -0.1) is 0 Å². The molecular weight excluding hydrogens is 507 g/mol. The molecule has 1 aromatic heterocycles. The third-order valence-electron chi connectivity index (χ3n) is 3.49. The first-order valence-electron chi connectivity index (χ1n) is 7.59. The van der Waals surface area contributed by atoms with E-state index < -0.39 is 5.91 Å². The molecule has 0 aliphatic heterocycles. The van der Waals surface area contributed by atoms with Crippen LogP contribution in [0.3, 0.4) is 0 Å². The van der Waals surface area contributed by atoms with Crippen LogP contribution >= 0.6 is 38.5 Å². The minimum Gasteiger partial charge on any atom is -0.457 e. The Bertz CT molecular complexity index is 1020. The molecule has 0 radical (unpaired) electrons. The number of furan rings is 1. The standard InChI is InChI=1S/C20H12BrIN2O2/c21-15-6-4-13(5-7-15)19-9-8-18(26-19)10-14(12-23)20(25)24-17-3-1-2-16(22)11-17/h1-11H,(H,24,25)/b14-10+. The summed E-state index contributed by atoms with van der Waals surface area (Å²) in [5, 5.41) is 12.0. The van der Waals surface area contributed by atoms with Crippen LogP contribution in [-0.2, 0) is 4.79 Å². The van der Waals surface area contributed by atoms with Crippen LogP contribution in [0.5, 0.6) is 0 Å². The molecule has 0 atom stereocenters. The van der Waals surface area contributed by atoms with Crippen LogP contribution in [0.25, 0.3) is 17.4 Å². The van der Waals surface area contributed by atoms with E-state index >= 15 is 0 Å². The molecule has 6 heteroatoms. The lowest BCUT2D eigenvalue weighted by molar-refractivity contribution is -0.112. The van der Waals surface area contributed by atoms with Crippen LogP contribution < -0.4 is 5.32 Å². The van der Waals surface area contributed by atoms with Crippen LogP contribution in [-0.4, -0.2) is 5.91 Å². The Hall–Kier alpha value is -2.37. The van der Waals surface area contributed by atoms with Gasteiger partial charge in [-0.2, -0.15) is 5.26 Å². The van der Waals surface area contributed by atoms with E-state index in [0.717, 1.165) is 13.6 Å². The minimum absolute atomic E-state index is 0.0273. The van der Waals surface area contributed by atoms with E-state index in [4.69, 9.17) is 4.42 Å². The number of nitrogens with one attached hydrogen (secondary N) is 1. The van der Waals surface area contributed by atoms with Crippen molar-refractivity contribution in [3.63, 3.8) is 0 Å². The van der Waals surface area contributed by atoms with E-state index in [-0.39, 0.29) is 5.57 Å². The van der Waals surface area contributed by atoms with Gasteiger partial charge in [0.1, 0.15) is 23.2 Å². The molecule has 0 saturated heterocycles. The predicted octanol–water partition coefficient (Wildman–Crippen LogP) is 5.86. The van der Waals surface area contributed by atoms with Gasteiger partial charge in [0.25, 0.3) is 5.91 Å². The van der Waals surface area contributed by atoms with Crippen molar-refractivity contribution in [3.8, 4) is 17.4 Å². The third kappa shape index (κ3) is 4.62. The number of halogens is 2. The summed E-state index contributed by atoms with van der Waals surface area (Å²) >= 11 is 5.55. The van der Waals surface area contributed by atoms with Crippen LogP contribution in [0.4, 0.5) is 5.69 Å². The van der Waals surface area contributed by atoms with Gasteiger partial charge in [0, 0.05) is 25.4 Å². The molecule has 0 aliphatic carbocycles. The summed E-state index contributed by atoms with van der Waals surface area (Å²) in [5.74, 6) is 0.632. The second-order valence-electron chi connectivity index (χ2n) is 5.34. The smallest absolute Gasteiger partial charge is 0.266 e. The molecular formula is C20H12BrIN2O2. The first kappa shape index (κ1) is 18.4. The number of hydrogen-bond acceptors (Lipinski definition) is 3. The number of carbonyl (C=O) groups excluding carboxylic acids is 1. The van der Waals surface area contributed by atoms with E-state index in [9.17, 15) is 10.1 Å². The fourth-order valence-electron chi connectivity index (χ4n) is 2.26. The summed E-state index contributed by atoms with van der Waals surface area (Å²) in [7, 11) is 0. The molecule has 0 fully saturated rings. The van der Waals surface area contributed by atoms with Gasteiger partial charge >= 0.3 is 0 Å². The maximum Gasteiger partial charge on any atom is 0.266 e. The SMILES string of the molecule is N#C/C(=C\c1ccc(-c2ccc(Br)cc2)o1)C(=O)Nc1cccc(I)c1. The van der Waals surface area contributed by atoms with Gasteiger partial charge in [0.15, 0.2) is 0 Å². The van der Waals surface area contributed by atoms with Gasteiger partial charge in [-0.25, -0.2) is 0 Å². The van der Waals surface area contributed by atoms with Crippen molar-refractivity contribution in [2.75, 3.05) is 5.32 Å². The number of carbonyl (C=O) groups is 1. The Morgan fingerprint density at radius 2 is 1.92 bits per heavy atom. The third-order valence-corrected chi connectivity index (χ3v) is 4.69. The first-order chi connectivity index (χ1) is 12.5. The van der Waals surface area contributed by atoms with E-state index in [1.54, 1.807) is 12.1 Å². The summed E-state index contributed by atoms with van der Waals surface area (Å²) in [4.78, 5) is 12.3. The lowest BCUT2D eigenvalue weighted by Gasteiger charge is -2.04. The first-order valence-corrected chi connectivity index (χ1v) is 9.47. The molecule has 1 N–H and O–H groups in total. The second kappa shape index (κ2) is 8.34. The van der Waals surface area contributed by atoms with Crippen molar-refractivity contribution >= 4 is 56.2 Å². The van der Waals surface area contributed by atoms with Gasteiger partial charge in [-0.1, -0.05) is 34.1 Å².